The number of halogens is 3. The first kappa shape index (κ1) is 25.6. The molecule has 3 atom stereocenters. The van der Waals surface area contributed by atoms with Gasteiger partial charge in [-0.2, -0.15) is 0 Å². The predicted molar refractivity (Wildman–Crippen MR) is 128 cm³/mol. The number of aliphatic hydroxyl groups excluding tert-OH is 2. The minimum Gasteiger partial charge on any atom is -0.389 e. The number of nitrogens with zero attached hydrogens (tertiary/aromatic N) is 3. The molecule has 8 nitrogen and oxygen atoms in total. The first-order valence-corrected chi connectivity index (χ1v) is 11.6. The largest absolute Gasteiger partial charge is 0.389 e. The average Bonchev–Trinajstić information content (AvgIpc) is 3.15. The van der Waals surface area contributed by atoms with Gasteiger partial charge in [0.1, 0.15) is 22.9 Å². The van der Waals surface area contributed by atoms with Gasteiger partial charge in [0.2, 0.25) is 5.43 Å². The van der Waals surface area contributed by atoms with Crippen LogP contribution >= 0.6 is 0 Å². The lowest BCUT2D eigenvalue weighted by molar-refractivity contribution is 0.0572. The Hall–Kier alpha value is -3.44. The van der Waals surface area contributed by atoms with E-state index >= 15 is 0 Å². The molecule has 11 heteroatoms. The van der Waals surface area contributed by atoms with Crippen molar-refractivity contribution in [3.05, 3.63) is 63.7 Å². The Morgan fingerprint density at radius 1 is 1.14 bits per heavy atom. The number of amides is 1. The molecular weight excluding hydrogens is 477 g/mol. The van der Waals surface area contributed by atoms with Crippen molar-refractivity contribution in [2.24, 2.45) is 5.92 Å². The minimum atomic E-state index is -1.25. The van der Waals surface area contributed by atoms with E-state index in [0.717, 1.165) is 10.8 Å². The lowest BCUT2D eigenvalue weighted by atomic mass is 10.0. The van der Waals surface area contributed by atoms with Crippen LogP contribution in [0.25, 0.3) is 16.7 Å². The third-order valence-electron chi connectivity index (χ3n) is 6.45. The summed E-state index contributed by atoms with van der Waals surface area (Å²) in [5, 5.41) is 22.5. The summed E-state index contributed by atoms with van der Waals surface area (Å²) in [6.07, 6.45) is -0.438. The van der Waals surface area contributed by atoms with Crippen molar-refractivity contribution >= 4 is 22.8 Å². The molecule has 192 valence electrons. The number of hydrogen-bond donors (Lipinski definition) is 3. The van der Waals surface area contributed by atoms with Crippen LogP contribution in [-0.4, -0.2) is 57.0 Å². The van der Waals surface area contributed by atoms with Gasteiger partial charge in [0.25, 0.3) is 5.91 Å². The monoisotopic (exact) mass is 504 g/mol. The molecule has 2 aromatic heterocycles. The molecule has 0 radical (unpaired) electrons. The minimum absolute atomic E-state index is 0.0529. The molecule has 1 fully saturated rings. The fourth-order valence-corrected chi connectivity index (χ4v) is 4.41. The molecule has 4 rings (SSSR count). The van der Waals surface area contributed by atoms with Crippen LogP contribution in [0.4, 0.5) is 19.0 Å². The second-order valence-corrected chi connectivity index (χ2v) is 9.27. The summed E-state index contributed by atoms with van der Waals surface area (Å²) in [6, 6.07) is 3.56. The Labute approximate surface area is 205 Å². The van der Waals surface area contributed by atoms with E-state index in [1.165, 1.54) is 12.1 Å². The van der Waals surface area contributed by atoms with E-state index in [1.54, 1.807) is 4.90 Å². The summed E-state index contributed by atoms with van der Waals surface area (Å²) in [6.45, 7) is 5.81. The number of aliphatic hydroxyl groups is 2. The van der Waals surface area contributed by atoms with Crippen LogP contribution in [0.2, 0.25) is 0 Å². The summed E-state index contributed by atoms with van der Waals surface area (Å²) in [5.41, 5.74) is -1.94. The summed E-state index contributed by atoms with van der Waals surface area (Å²) in [7, 11) is 0. The number of fused-ring (bicyclic) bond motifs is 1. The molecule has 0 saturated carbocycles. The van der Waals surface area contributed by atoms with Crippen LogP contribution in [-0.2, 0) is 0 Å². The quantitative estimate of drug-likeness (QED) is 0.476. The van der Waals surface area contributed by atoms with E-state index in [-0.39, 0.29) is 47.5 Å². The van der Waals surface area contributed by atoms with Crippen LogP contribution in [0.1, 0.15) is 37.6 Å². The van der Waals surface area contributed by atoms with E-state index in [1.807, 2.05) is 20.8 Å². The normalized spacial score (nSPS) is 18.8. The maximum absolute atomic E-state index is 14.8. The molecule has 1 saturated heterocycles. The molecule has 1 aliphatic heterocycles. The standard InChI is InChI=1S/C25H27F3N4O4/c1-4-18(12(2)3)29-25(36)15-9-32(22-16(27)7-13(26)8-17(22)28)24-14(23(15)35)5-6-21(30-24)31-10-19(33)20(34)11-31/h5-9,12,18-20,33-34H,4,10-11H2,1-3H3,(H,29,36)/t18?,19-,20-/m1/s1. The van der Waals surface area contributed by atoms with E-state index in [2.05, 4.69) is 10.3 Å². The van der Waals surface area contributed by atoms with Gasteiger partial charge in [-0.3, -0.25) is 14.2 Å². The summed E-state index contributed by atoms with van der Waals surface area (Å²) in [5.74, 6) is -4.04. The number of aromatic nitrogens is 2. The third-order valence-corrected chi connectivity index (χ3v) is 6.45. The first-order valence-electron chi connectivity index (χ1n) is 11.6. The zero-order valence-electron chi connectivity index (χ0n) is 20.0. The second-order valence-electron chi connectivity index (χ2n) is 9.27. The fourth-order valence-electron chi connectivity index (χ4n) is 4.41. The zero-order valence-corrected chi connectivity index (χ0v) is 20.0. The molecular formula is C25H27F3N4O4. The van der Waals surface area contributed by atoms with Crippen molar-refractivity contribution < 1.29 is 28.2 Å². The van der Waals surface area contributed by atoms with Gasteiger partial charge in [-0.1, -0.05) is 20.8 Å². The third kappa shape index (κ3) is 4.68. The lowest BCUT2D eigenvalue weighted by Crippen LogP contribution is -2.40. The highest BCUT2D eigenvalue weighted by molar-refractivity contribution is 5.97. The van der Waals surface area contributed by atoms with Crippen molar-refractivity contribution in [2.75, 3.05) is 18.0 Å². The number of nitrogens with one attached hydrogen (secondary N) is 1. The number of pyridine rings is 2. The number of benzene rings is 1. The SMILES string of the molecule is CCC(NC(=O)c1cn(-c2c(F)cc(F)cc2F)c2nc(N3C[C@@H](O)[C@H](O)C3)ccc2c1=O)C(C)C. The smallest absolute Gasteiger partial charge is 0.257 e. The van der Waals surface area contributed by atoms with Crippen LogP contribution < -0.4 is 15.6 Å². The predicted octanol–water partition coefficient (Wildman–Crippen LogP) is 2.51. The number of anilines is 1. The summed E-state index contributed by atoms with van der Waals surface area (Å²) < 4.78 is 44.2. The molecule has 3 heterocycles. The van der Waals surface area contributed by atoms with E-state index in [0.29, 0.717) is 18.6 Å². The lowest BCUT2D eigenvalue weighted by Gasteiger charge is -2.22. The van der Waals surface area contributed by atoms with Gasteiger partial charge in [0.15, 0.2) is 17.3 Å². The van der Waals surface area contributed by atoms with Gasteiger partial charge >= 0.3 is 0 Å². The van der Waals surface area contributed by atoms with E-state index < -0.39 is 46.7 Å². The van der Waals surface area contributed by atoms with Crippen LogP contribution in [0.5, 0.6) is 0 Å². The Kier molecular flexibility index (Phi) is 7.05. The fraction of sp³-hybridized carbons (Fsp3) is 0.400. The number of hydrogen-bond acceptors (Lipinski definition) is 6. The van der Waals surface area contributed by atoms with Crippen molar-refractivity contribution in [1.82, 2.24) is 14.9 Å². The number of carbonyl (C=O) groups is 1. The number of β-amino-alcohol motifs (C(OH)–C–C–N with tert-alkyl or cyclic N) is 2. The highest BCUT2D eigenvalue weighted by Gasteiger charge is 2.31. The molecule has 3 aromatic rings. The highest BCUT2D eigenvalue weighted by Crippen LogP contribution is 2.26. The molecule has 1 aliphatic rings. The van der Waals surface area contributed by atoms with Crippen molar-refractivity contribution in [3.63, 3.8) is 0 Å². The molecule has 1 aromatic carbocycles. The van der Waals surface area contributed by atoms with E-state index in [4.69, 9.17) is 0 Å². The summed E-state index contributed by atoms with van der Waals surface area (Å²) >= 11 is 0. The van der Waals surface area contributed by atoms with Crippen molar-refractivity contribution in [3.8, 4) is 5.69 Å². The van der Waals surface area contributed by atoms with Crippen molar-refractivity contribution in [2.45, 2.75) is 45.4 Å². The average molecular weight is 505 g/mol. The van der Waals surface area contributed by atoms with Gasteiger partial charge < -0.3 is 20.4 Å². The van der Waals surface area contributed by atoms with Gasteiger partial charge in [-0.05, 0) is 24.5 Å². The first-order chi connectivity index (χ1) is 17.0. The van der Waals surface area contributed by atoms with Crippen LogP contribution in [0, 0.1) is 23.4 Å². The van der Waals surface area contributed by atoms with Crippen molar-refractivity contribution in [1.29, 1.82) is 0 Å². The Morgan fingerprint density at radius 2 is 1.75 bits per heavy atom. The number of carbonyl (C=O) groups excluding carboxylic acids is 1. The zero-order chi connectivity index (χ0) is 26.3. The molecule has 0 bridgehead atoms. The molecule has 36 heavy (non-hydrogen) atoms. The molecule has 0 aliphatic carbocycles. The second kappa shape index (κ2) is 9.90. The van der Waals surface area contributed by atoms with Gasteiger partial charge in [0.05, 0.1) is 17.6 Å². The molecule has 1 amide bonds. The maximum atomic E-state index is 14.8. The topological polar surface area (TPSA) is 108 Å². The Morgan fingerprint density at radius 3 is 2.31 bits per heavy atom. The van der Waals surface area contributed by atoms with Crippen LogP contribution in [0.3, 0.4) is 0 Å². The van der Waals surface area contributed by atoms with Gasteiger partial charge in [-0.15, -0.1) is 0 Å². The van der Waals surface area contributed by atoms with Crippen LogP contribution in [0.15, 0.2) is 35.3 Å². The number of rotatable bonds is 6. The molecule has 0 spiro atoms. The van der Waals surface area contributed by atoms with Gasteiger partial charge in [0, 0.05) is 37.5 Å². The van der Waals surface area contributed by atoms with Gasteiger partial charge in [-0.25, -0.2) is 18.2 Å². The van der Waals surface area contributed by atoms with E-state index in [9.17, 15) is 33.0 Å². The molecule has 3 N–H and O–H groups in total. The molecule has 1 unspecified atom stereocenters. The highest BCUT2D eigenvalue weighted by atomic mass is 19.1. The Balaban J connectivity index is 1.94. The maximum Gasteiger partial charge on any atom is 0.257 e. The summed E-state index contributed by atoms with van der Waals surface area (Å²) in [4.78, 5) is 32.3. The Bertz CT molecular complexity index is 1340.